The fourth-order valence-corrected chi connectivity index (χ4v) is 3.35. The van der Waals surface area contributed by atoms with Gasteiger partial charge in [0, 0.05) is 17.7 Å². The number of allylic oxidation sites excluding steroid dienone is 1. The fraction of sp³-hybridized carbons (Fsp3) is 0.444. The maximum Gasteiger partial charge on any atom is 0.277 e. The normalized spacial score (nSPS) is 21.3. The van der Waals surface area contributed by atoms with Gasteiger partial charge in [0.25, 0.3) is 5.91 Å². The van der Waals surface area contributed by atoms with Crippen LogP contribution in [0.3, 0.4) is 0 Å². The van der Waals surface area contributed by atoms with Crippen LogP contribution in [-0.2, 0) is 0 Å². The monoisotopic (exact) mass is 282 g/mol. The van der Waals surface area contributed by atoms with Crippen molar-refractivity contribution in [1.82, 2.24) is 4.90 Å². The van der Waals surface area contributed by atoms with Crippen molar-refractivity contribution in [3.8, 4) is 0 Å². The number of carbonyl (C=O) groups is 1. The van der Waals surface area contributed by atoms with E-state index in [0.29, 0.717) is 0 Å². The van der Waals surface area contributed by atoms with Gasteiger partial charge in [0.2, 0.25) is 0 Å². The standard InChI is InChI=1S/C18H22N2O/c1-3-14-16(12-20-10-5-4-6-11-20)19-18(21)15-9-7-8-13(2)17(14)15/h3,7-9H,4-6,10-12H2,1-2H3/b14-3-. The van der Waals surface area contributed by atoms with E-state index >= 15 is 0 Å². The van der Waals surface area contributed by atoms with E-state index < -0.39 is 0 Å². The Morgan fingerprint density at radius 2 is 2.00 bits per heavy atom. The Morgan fingerprint density at radius 1 is 1.24 bits per heavy atom. The van der Waals surface area contributed by atoms with Gasteiger partial charge >= 0.3 is 0 Å². The highest BCUT2D eigenvalue weighted by atomic mass is 16.1. The molecule has 1 saturated heterocycles. The largest absolute Gasteiger partial charge is 0.297 e. The summed E-state index contributed by atoms with van der Waals surface area (Å²) in [6, 6.07) is 5.89. The number of piperidine rings is 1. The first-order valence-corrected chi connectivity index (χ1v) is 7.81. The Balaban J connectivity index is 1.95. The summed E-state index contributed by atoms with van der Waals surface area (Å²) in [6.45, 7) is 7.13. The molecular weight excluding hydrogens is 260 g/mol. The molecule has 0 radical (unpaired) electrons. The molecule has 0 N–H and O–H groups in total. The van der Waals surface area contributed by atoms with Gasteiger partial charge in [-0.2, -0.15) is 0 Å². The molecule has 1 aromatic rings. The van der Waals surface area contributed by atoms with Gasteiger partial charge in [-0.25, -0.2) is 4.99 Å². The van der Waals surface area contributed by atoms with Crippen LogP contribution in [0.25, 0.3) is 5.57 Å². The van der Waals surface area contributed by atoms with Gasteiger partial charge in [-0.1, -0.05) is 24.6 Å². The molecule has 2 heterocycles. The minimum absolute atomic E-state index is 0.0914. The molecule has 0 unspecified atom stereocenters. The summed E-state index contributed by atoms with van der Waals surface area (Å²) in [7, 11) is 0. The lowest BCUT2D eigenvalue weighted by Gasteiger charge is -2.29. The number of fused-ring (bicyclic) bond motifs is 1. The van der Waals surface area contributed by atoms with Crippen LogP contribution in [0.4, 0.5) is 0 Å². The minimum atomic E-state index is -0.0914. The third kappa shape index (κ3) is 2.70. The first kappa shape index (κ1) is 14.2. The van der Waals surface area contributed by atoms with Crippen molar-refractivity contribution in [1.29, 1.82) is 0 Å². The van der Waals surface area contributed by atoms with Crippen molar-refractivity contribution in [2.24, 2.45) is 4.99 Å². The molecule has 1 fully saturated rings. The second-order valence-electron chi connectivity index (χ2n) is 5.90. The zero-order valence-corrected chi connectivity index (χ0v) is 12.9. The Hall–Kier alpha value is -1.74. The first-order valence-electron chi connectivity index (χ1n) is 7.81. The van der Waals surface area contributed by atoms with Crippen molar-refractivity contribution in [3.63, 3.8) is 0 Å². The summed E-state index contributed by atoms with van der Waals surface area (Å²) in [6.07, 6.45) is 5.92. The lowest BCUT2D eigenvalue weighted by Crippen LogP contribution is -2.36. The van der Waals surface area contributed by atoms with E-state index in [9.17, 15) is 4.79 Å². The molecule has 1 amide bonds. The Kier molecular flexibility index (Phi) is 4.02. The summed E-state index contributed by atoms with van der Waals surface area (Å²) in [5.74, 6) is -0.0914. The highest BCUT2D eigenvalue weighted by molar-refractivity contribution is 6.33. The number of nitrogens with zero attached hydrogens (tertiary/aromatic N) is 2. The minimum Gasteiger partial charge on any atom is -0.297 e. The zero-order valence-electron chi connectivity index (χ0n) is 12.9. The van der Waals surface area contributed by atoms with Crippen LogP contribution >= 0.6 is 0 Å². The second-order valence-corrected chi connectivity index (χ2v) is 5.90. The van der Waals surface area contributed by atoms with Gasteiger partial charge in [-0.3, -0.25) is 9.69 Å². The SMILES string of the molecule is C/C=C1/C(CN2CCCCC2)=NC(=O)c2cccc(C)c21. The number of amides is 1. The van der Waals surface area contributed by atoms with E-state index in [1.807, 2.05) is 19.1 Å². The number of aliphatic imine (C=N–C) groups is 1. The predicted octanol–water partition coefficient (Wildman–Crippen LogP) is 3.48. The average Bonchev–Trinajstić information content (AvgIpc) is 2.49. The van der Waals surface area contributed by atoms with Gasteiger partial charge in [-0.05, 0) is 57.0 Å². The molecule has 0 aromatic heterocycles. The van der Waals surface area contributed by atoms with Crippen molar-refractivity contribution in [2.45, 2.75) is 33.1 Å². The van der Waals surface area contributed by atoms with Crippen molar-refractivity contribution in [2.75, 3.05) is 19.6 Å². The van der Waals surface area contributed by atoms with E-state index in [0.717, 1.165) is 47.6 Å². The Bertz CT molecular complexity index is 622. The van der Waals surface area contributed by atoms with E-state index in [1.54, 1.807) is 0 Å². The van der Waals surface area contributed by atoms with E-state index in [-0.39, 0.29) is 5.91 Å². The highest BCUT2D eigenvalue weighted by Crippen LogP contribution is 2.30. The van der Waals surface area contributed by atoms with Gasteiger partial charge in [0.15, 0.2) is 0 Å². The summed E-state index contributed by atoms with van der Waals surface area (Å²) >= 11 is 0. The van der Waals surface area contributed by atoms with Crippen LogP contribution in [-0.4, -0.2) is 36.2 Å². The van der Waals surface area contributed by atoms with Gasteiger partial charge in [-0.15, -0.1) is 0 Å². The Morgan fingerprint density at radius 3 is 2.71 bits per heavy atom. The summed E-state index contributed by atoms with van der Waals surface area (Å²) in [4.78, 5) is 19.1. The van der Waals surface area contributed by atoms with Gasteiger partial charge < -0.3 is 0 Å². The van der Waals surface area contributed by atoms with Crippen LogP contribution < -0.4 is 0 Å². The van der Waals surface area contributed by atoms with Crippen LogP contribution in [0.1, 0.15) is 47.7 Å². The highest BCUT2D eigenvalue weighted by Gasteiger charge is 2.26. The first-order chi connectivity index (χ1) is 10.2. The average molecular weight is 282 g/mol. The molecule has 2 aliphatic rings. The van der Waals surface area contributed by atoms with Crippen LogP contribution in [0.2, 0.25) is 0 Å². The van der Waals surface area contributed by atoms with Crippen LogP contribution in [0, 0.1) is 6.92 Å². The number of carbonyl (C=O) groups excluding carboxylic acids is 1. The third-order valence-corrected chi connectivity index (χ3v) is 4.43. The van der Waals surface area contributed by atoms with Crippen LogP contribution in [0.5, 0.6) is 0 Å². The number of aryl methyl sites for hydroxylation is 1. The molecule has 3 rings (SSSR count). The van der Waals surface area contributed by atoms with Crippen molar-refractivity contribution in [3.05, 3.63) is 41.0 Å². The molecule has 3 nitrogen and oxygen atoms in total. The zero-order chi connectivity index (χ0) is 14.8. The number of rotatable bonds is 2. The molecule has 1 aromatic carbocycles. The molecule has 0 atom stereocenters. The molecule has 3 heteroatoms. The van der Waals surface area contributed by atoms with Crippen molar-refractivity contribution >= 4 is 17.2 Å². The summed E-state index contributed by atoms with van der Waals surface area (Å²) in [5.41, 5.74) is 5.04. The molecule has 0 bridgehead atoms. The number of hydrogen-bond acceptors (Lipinski definition) is 2. The molecule has 0 saturated carbocycles. The summed E-state index contributed by atoms with van der Waals surface area (Å²) < 4.78 is 0. The predicted molar refractivity (Wildman–Crippen MR) is 86.9 cm³/mol. The van der Waals surface area contributed by atoms with Crippen molar-refractivity contribution < 1.29 is 4.79 Å². The second kappa shape index (κ2) is 5.94. The van der Waals surface area contributed by atoms with Crippen LogP contribution in [0.15, 0.2) is 29.3 Å². The maximum absolute atomic E-state index is 12.3. The van der Waals surface area contributed by atoms with E-state index in [2.05, 4.69) is 29.0 Å². The lowest BCUT2D eigenvalue weighted by atomic mass is 9.88. The molecule has 110 valence electrons. The molecule has 0 aliphatic carbocycles. The van der Waals surface area contributed by atoms with Gasteiger partial charge in [0.1, 0.15) is 0 Å². The molecular formula is C18H22N2O. The number of hydrogen-bond donors (Lipinski definition) is 0. The molecule has 2 aliphatic heterocycles. The maximum atomic E-state index is 12.3. The van der Waals surface area contributed by atoms with Gasteiger partial charge in [0.05, 0.1) is 5.71 Å². The van der Waals surface area contributed by atoms with E-state index in [4.69, 9.17) is 0 Å². The Labute approximate surface area is 126 Å². The quantitative estimate of drug-likeness (QED) is 0.832. The smallest absolute Gasteiger partial charge is 0.277 e. The molecule has 0 spiro atoms. The fourth-order valence-electron chi connectivity index (χ4n) is 3.35. The molecule has 21 heavy (non-hydrogen) atoms. The lowest BCUT2D eigenvalue weighted by molar-refractivity contribution is 0.100. The van der Waals surface area contributed by atoms with E-state index in [1.165, 1.54) is 19.3 Å². The topological polar surface area (TPSA) is 32.7 Å². The summed E-state index contributed by atoms with van der Waals surface area (Å²) in [5, 5.41) is 0. The number of benzene rings is 1. The third-order valence-electron chi connectivity index (χ3n) is 4.43. The number of likely N-dealkylation sites (tertiary alicyclic amines) is 1.